The molecule has 0 saturated carbocycles. The minimum absolute atomic E-state index is 0.0199. The summed E-state index contributed by atoms with van der Waals surface area (Å²) in [7, 11) is 0. The summed E-state index contributed by atoms with van der Waals surface area (Å²) in [6.07, 6.45) is -0.0473. The number of carboxylic acid groups (broad SMARTS) is 1. The van der Waals surface area contributed by atoms with Crippen LogP contribution in [0.5, 0.6) is 0 Å². The lowest BCUT2D eigenvalue weighted by atomic mass is 9.98. The van der Waals surface area contributed by atoms with Gasteiger partial charge in [-0.05, 0) is 40.5 Å². The topological polar surface area (TPSA) is 104 Å². The van der Waals surface area contributed by atoms with Gasteiger partial charge in [0.2, 0.25) is 0 Å². The fourth-order valence-electron chi connectivity index (χ4n) is 4.30. The summed E-state index contributed by atoms with van der Waals surface area (Å²) in [6, 6.07) is 21.6. The molecule has 7 nitrogen and oxygen atoms in total. The first-order valence-electron chi connectivity index (χ1n) is 10.9. The number of amides is 1. The van der Waals surface area contributed by atoms with E-state index in [9.17, 15) is 14.7 Å². The highest BCUT2D eigenvalue weighted by Crippen LogP contribution is 2.44. The number of fused-ring (bicyclic) bond motifs is 4. The number of rotatable bonds is 5. The second-order valence-electron chi connectivity index (χ2n) is 7.94. The Hall–Kier alpha value is -4.57. The molecule has 168 valence electrons. The number of H-pyrrole nitrogens is 1. The lowest BCUT2D eigenvalue weighted by Crippen LogP contribution is -2.26. The highest BCUT2D eigenvalue weighted by Gasteiger charge is 2.28. The van der Waals surface area contributed by atoms with Gasteiger partial charge in [0, 0.05) is 29.8 Å². The minimum atomic E-state index is -1.09. The second kappa shape index (κ2) is 9.12. The first-order chi connectivity index (χ1) is 16.6. The lowest BCUT2D eigenvalue weighted by Gasteiger charge is -2.14. The Morgan fingerprint density at radius 3 is 2.44 bits per heavy atom. The van der Waals surface area contributed by atoms with E-state index in [4.69, 9.17) is 4.74 Å². The van der Waals surface area contributed by atoms with Crippen LogP contribution < -0.4 is 5.32 Å². The standard InChI is InChI=1S/C27H21N3O4/c31-26(32)25-22-15-17(12-13-24(22)29-30-25)7-5-6-14-28-27(33)34-16-23-20-10-3-1-8-18(20)19-9-2-4-11-21(19)23/h1-4,8-13,15,23H,6,14,16H2,(H,28,33)(H,29,30)(H,31,32). The molecular formula is C27H21N3O4. The number of carbonyl (C=O) groups excluding carboxylic acids is 1. The van der Waals surface area contributed by atoms with Crippen molar-refractivity contribution in [2.75, 3.05) is 13.2 Å². The van der Waals surface area contributed by atoms with Gasteiger partial charge in [-0.1, -0.05) is 60.4 Å². The van der Waals surface area contributed by atoms with E-state index in [1.807, 2.05) is 24.3 Å². The zero-order valence-corrected chi connectivity index (χ0v) is 18.2. The summed E-state index contributed by atoms with van der Waals surface area (Å²) < 4.78 is 5.52. The normalized spacial score (nSPS) is 11.9. The molecule has 1 aromatic heterocycles. The number of aromatic amines is 1. The maximum absolute atomic E-state index is 12.2. The summed E-state index contributed by atoms with van der Waals surface area (Å²) in [4.78, 5) is 23.5. The third-order valence-electron chi connectivity index (χ3n) is 5.86. The van der Waals surface area contributed by atoms with Crippen molar-refractivity contribution in [2.45, 2.75) is 12.3 Å². The quantitative estimate of drug-likeness (QED) is 0.305. The van der Waals surface area contributed by atoms with E-state index in [0.29, 0.717) is 29.4 Å². The Morgan fingerprint density at radius 2 is 1.74 bits per heavy atom. The van der Waals surface area contributed by atoms with Gasteiger partial charge in [-0.25, -0.2) is 9.59 Å². The van der Waals surface area contributed by atoms with Crippen LogP contribution in [0.25, 0.3) is 22.0 Å². The van der Waals surface area contributed by atoms with Crippen LogP contribution in [0, 0.1) is 11.8 Å². The van der Waals surface area contributed by atoms with Gasteiger partial charge in [-0.3, -0.25) is 5.10 Å². The molecule has 7 heteroatoms. The summed E-state index contributed by atoms with van der Waals surface area (Å²) in [6.45, 7) is 0.611. The van der Waals surface area contributed by atoms with Crippen molar-refractivity contribution in [3.63, 3.8) is 0 Å². The van der Waals surface area contributed by atoms with Crippen molar-refractivity contribution < 1.29 is 19.4 Å². The van der Waals surface area contributed by atoms with Crippen molar-refractivity contribution in [3.8, 4) is 23.0 Å². The molecule has 5 rings (SSSR count). The molecule has 0 unspecified atom stereocenters. The van der Waals surface area contributed by atoms with Gasteiger partial charge in [-0.15, -0.1) is 0 Å². The molecule has 0 radical (unpaired) electrons. The summed E-state index contributed by atoms with van der Waals surface area (Å²) in [5.74, 6) is 4.90. The zero-order chi connectivity index (χ0) is 23.5. The van der Waals surface area contributed by atoms with E-state index < -0.39 is 12.1 Å². The molecule has 1 aliphatic rings. The molecule has 3 N–H and O–H groups in total. The molecule has 1 amide bonds. The van der Waals surface area contributed by atoms with Crippen LogP contribution in [0.3, 0.4) is 0 Å². The van der Waals surface area contributed by atoms with E-state index in [-0.39, 0.29) is 18.2 Å². The number of hydrogen-bond acceptors (Lipinski definition) is 4. The number of aromatic carboxylic acids is 1. The largest absolute Gasteiger partial charge is 0.476 e. The number of nitrogens with zero attached hydrogens (tertiary/aromatic N) is 1. The number of hydrogen-bond donors (Lipinski definition) is 3. The third kappa shape index (κ3) is 4.09. The van der Waals surface area contributed by atoms with Crippen molar-refractivity contribution in [1.82, 2.24) is 15.5 Å². The molecule has 0 bridgehead atoms. The monoisotopic (exact) mass is 451 g/mol. The van der Waals surface area contributed by atoms with Crippen LogP contribution in [-0.2, 0) is 4.74 Å². The molecule has 0 spiro atoms. The highest BCUT2D eigenvalue weighted by molar-refractivity contribution is 6.01. The Labute approximate surface area is 195 Å². The van der Waals surface area contributed by atoms with Crippen LogP contribution >= 0.6 is 0 Å². The first-order valence-corrected chi connectivity index (χ1v) is 10.9. The predicted octanol–water partition coefficient (Wildman–Crippen LogP) is 4.54. The lowest BCUT2D eigenvalue weighted by molar-refractivity contribution is 0.0692. The van der Waals surface area contributed by atoms with Gasteiger partial charge in [0.05, 0.1) is 5.52 Å². The summed E-state index contributed by atoms with van der Waals surface area (Å²) in [5, 5.41) is 18.9. The number of ether oxygens (including phenoxy) is 1. The van der Waals surface area contributed by atoms with Gasteiger partial charge >= 0.3 is 12.1 Å². The van der Waals surface area contributed by atoms with E-state index in [1.54, 1.807) is 18.2 Å². The number of benzene rings is 3. The van der Waals surface area contributed by atoms with E-state index >= 15 is 0 Å². The molecular weight excluding hydrogens is 430 g/mol. The van der Waals surface area contributed by atoms with Crippen LogP contribution in [0.1, 0.15) is 39.5 Å². The number of carbonyl (C=O) groups is 2. The second-order valence-corrected chi connectivity index (χ2v) is 7.94. The molecule has 0 atom stereocenters. The van der Waals surface area contributed by atoms with Crippen LogP contribution in [0.2, 0.25) is 0 Å². The fraction of sp³-hybridized carbons (Fsp3) is 0.148. The van der Waals surface area contributed by atoms with Crippen LogP contribution in [0.15, 0.2) is 66.7 Å². The summed E-state index contributed by atoms with van der Waals surface area (Å²) >= 11 is 0. The minimum Gasteiger partial charge on any atom is -0.476 e. The number of carboxylic acids is 1. The maximum Gasteiger partial charge on any atom is 0.407 e. The molecule has 3 aromatic carbocycles. The Kier molecular flexibility index (Phi) is 5.71. The van der Waals surface area contributed by atoms with E-state index in [1.165, 1.54) is 22.3 Å². The SMILES string of the molecule is O=C(NCCC#Cc1ccc2[nH]nc(C(=O)O)c2c1)OCC1c2ccccc2-c2ccccc21. The van der Waals surface area contributed by atoms with Gasteiger partial charge in [-0.2, -0.15) is 5.10 Å². The molecule has 0 aliphatic heterocycles. The van der Waals surface area contributed by atoms with Crippen molar-refractivity contribution in [2.24, 2.45) is 0 Å². The van der Waals surface area contributed by atoms with Crippen molar-refractivity contribution in [1.29, 1.82) is 0 Å². The van der Waals surface area contributed by atoms with Crippen LogP contribution in [-0.4, -0.2) is 40.5 Å². The number of nitrogens with one attached hydrogen (secondary N) is 2. The van der Waals surface area contributed by atoms with Crippen LogP contribution in [0.4, 0.5) is 4.79 Å². The van der Waals surface area contributed by atoms with Crippen molar-refractivity contribution >= 4 is 23.0 Å². The smallest absolute Gasteiger partial charge is 0.407 e. The average molecular weight is 451 g/mol. The van der Waals surface area contributed by atoms with Gasteiger partial charge in [0.15, 0.2) is 5.69 Å². The van der Waals surface area contributed by atoms with Gasteiger partial charge in [0.1, 0.15) is 6.61 Å². The Balaban J connectivity index is 1.14. The van der Waals surface area contributed by atoms with E-state index in [0.717, 1.165) is 0 Å². The van der Waals surface area contributed by atoms with Gasteiger partial charge < -0.3 is 15.2 Å². The first kappa shape index (κ1) is 21.3. The zero-order valence-electron chi connectivity index (χ0n) is 18.2. The van der Waals surface area contributed by atoms with E-state index in [2.05, 4.69) is 51.6 Å². The maximum atomic E-state index is 12.2. The average Bonchev–Trinajstić information content (AvgIpc) is 3.42. The number of alkyl carbamates (subject to hydrolysis) is 1. The molecule has 1 aliphatic carbocycles. The summed E-state index contributed by atoms with van der Waals surface area (Å²) in [5.41, 5.74) is 6.00. The highest BCUT2D eigenvalue weighted by atomic mass is 16.5. The fourth-order valence-corrected chi connectivity index (χ4v) is 4.30. The Morgan fingerprint density at radius 1 is 1.03 bits per heavy atom. The number of aromatic nitrogens is 2. The molecule has 34 heavy (non-hydrogen) atoms. The molecule has 1 heterocycles. The molecule has 4 aromatic rings. The molecule has 0 fully saturated rings. The van der Waals surface area contributed by atoms with Crippen molar-refractivity contribution in [3.05, 3.63) is 89.1 Å². The van der Waals surface area contributed by atoms with Gasteiger partial charge in [0.25, 0.3) is 0 Å². The predicted molar refractivity (Wildman–Crippen MR) is 128 cm³/mol. The Bertz CT molecular complexity index is 1420. The third-order valence-corrected chi connectivity index (χ3v) is 5.86. The molecule has 0 saturated heterocycles.